The third-order valence-corrected chi connectivity index (χ3v) is 3.98. The Morgan fingerprint density at radius 3 is 2.71 bits per heavy atom. The smallest absolute Gasteiger partial charge is 0.191 e. The molecule has 0 spiro atoms. The third kappa shape index (κ3) is 10.2. The van der Waals surface area contributed by atoms with Crippen molar-refractivity contribution in [3.63, 3.8) is 0 Å². The van der Waals surface area contributed by atoms with Crippen LogP contribution in [0.5, 0.6) is 0 Å². The molecule has 0 aromatic carbocycles. The molecule has 1 aromatic heterocycles. The van der Waals surface area contributed by atoms with E-state index in [1.807, 2.05) is 12.1 Å². The van der Waals surface area contributed by atoms with Gasteiger partial charge in [0.2, 0.25) is 0 Å². The van der Waals surface area contributed by atoms with E-state index in [0.29, 0.717) is 12.0 Å². The van der Waals surface area contributed by atoms with Gasteiger partial charge in [-0.15, -0.1) is 24.0 Å². The van der Waals surface area contributed by atoms with Gasteiger partial charge in [-0.05, 0) is 44.2 Å². The van der Waals surface area contributed by atoms with E-state index in [4.69, 9.17) is 14.5 Å². The lowest BCUT2D eigenvalue weighted by molar-refractivity contribution is 0.253. The molecule has 0 aliphatic heterocycles. The highest BCUT2D eigenvalue weighted by Crippen LogP contribution is 2.11. The minimum atomic E-state index is 0. The van der Waals surface area contributed by atoms with Crippen LogP contribution >= 0.6 is 24.0 Å². The van der Waals surface area contributed by atoms with Crippen LogP contribution in [0.2, 0.25) is 0 Å². The average Bonchev–Trinajstić information content (AvgIpc) is 3.05. The minimum absolute atomic E-state index is 0. The molecule has 0 bridgehead atoms. The van der Waals surface area contributed by atoms with Crippen LogP contribution in [0.15, 0.2) is 27.8 Å². The number of halogens is 1. The number of aliphatic hydroxyl groups excluding tert-OH is 1. The Labute approximate surface area is 163 Å². The van der Waals surface area contributed by atoms with Gasteiger partial charge in [-0.2, -0.15) is 0 Å². The summed E-state index contributed by atoms with van der Waals surface area (Å²) in [6.45, 7) is 8.26. The molecule has 0 aliphatic carbocycles. The molecule has 2 unspecified atom stereocenters. The van der Waals surface area contributed by atoms with Crippen molar-refractivity contribution in [3.05, 3.63) is 24.2 Å². The predicted molar refractivity (Wildman–Crippen MR) is 111 cm³/mol. The molecular weight excluding hydrogens is 417 g/mol. The summed E-state index contributed by atoms with van der Waals surface area (Å²) in [5.74, 6) is 2.28. The van der Waals surface area contributed by atoms with E-state index >= 15 is 0 Å². The Balaban J connectivity index is 0.00000529. The molecule has 6 heteroatoms. The lowest BCUT2D eigenvalue weighted by Gasteiger charge is -2.18. The van der Waals surface area contributed by atoms with Crippen molar-refractivity contribution in [3.8, 4) is 0 Å². The van der Waals surface area contributed by atoms with E-state index in [-0.39, 0.29) is 30.6 Å². The lowest BCUT2D eigenvalue weighted by atomic mass is 10.0. The van der Waals surface area contributed by atoms with E-state index < -0.39 is 0 Å². The summed E-state index contributed by atoms with van der Waals surface area (Å²) in [6.07, 6.45) is 6.64. The standard InChI is InChI=1S/C18H33N3O2.HI/c1-4-7-16(10-12-22)14-20-18(21-15(3)5-2)19-11-9-17-8-6-13-23-17;/h6,8,13,15-16,22H,4-5,7,9-12,14H2,1-3H3,(H2,19,20,21);1H. The lowest BCUT2D eigenvalue weighted by Crippen LogP contribution is -2.43. The number of hydrogen-bond acceptors (Lipinski definition) is 3. The first kappa shape index (κ1) is 23.2. The second-order valence-electron chi connectivity index (χ2n) is 6.07. The van der Waals surface area contributed by atoms with Crippen molar-refractivity contribution in [1.29, 1.82) is 0 Å². The number of aliphatic imine (C=N–C) groups is 1. The van der Waals surface area contributed by atoms with Gasteiger partial charge in [0.05, 0.1) is 6.26 Å². The maximum Gasteiger partial charge on any atom is 0.191 e. The van der Waals surface area contributed by atoms with Crippen LogP contribution in [0, 0.1) is 5.92 Å². The molecular formula is C18H34IN3O2. The number of nitrogens with zero attached hydrogens (tertiary/aromatic N) is 1. The van der Waals surface area contributed by atoms with Gasteiger partial charge < -0.3 is 20.2 Å². The number of aliphatic hydroxyl groups is 1. The van der Waals surface area contributed by atoms with Crippen LogP contribution < -0.4 is 10.6 Å². The van der Waals surface area contributed by atoms with Crippen molar-refractivity contribution >= 4 is 29.9 Å². The quantitative estimate of drug-likeness (QED) is 0.273. The second-order valence-corrected chi connectivity index (χ2v) is 6.07. The van der Waals surface area contributed by atoms with Crippen LogP contribution in [-0.2, 0) is 6.42 Å². The van der Waals surface area contributed by atoms with E-state index in [1.165, 1.54) is 0 Å². The third-order valence-electron chi connectivity index (χ3n) is 3.98. The number of guanidine groups is 1. The van der Waals surface area contributed by atoms with Crippen molar-refractivity contribution in [2.45, 2.75) is 58.9 Å². The van der Waals surface area contributed by atoms with E-state index in [2.05, 4.69) is 31.4 Å². The molecule has 2 atom stereocenters. The zero-order chi connectivity index (χ0) is 16.9. The largest absolute Gasteiger partial charge is 0.469 e. The first-order valence-electron chi connectivity index (χ1n) is 8.87. The van der Waals surface area contributed by atoms with Crippen LogP contribution in [0.3, 0.4) is 0 Å². The first-order valence-corrected chi connectivity index (χ1v) is 8.87. The number of rotatable bonds is 11. The molecule has 5 nitrogen and oxygen atoms in total. The molecule has 1 rings (SSSR count). The fourth-order valence-corrected chi connectivity index (χ4v) is 2.39. The van der Waals surface area contributed by atoms with Crippen molar-refractivity contribution in [2.75, 3.05) is 19.7 Å². The molecule has 1 aromatic rings. The number of nitrogens with one attached hydrogen (secondary N) is 2. The highest BCUT2D eigenvalue weighted by molar-refractivity contribution is 14.0. The predicted octanol–water partition coefficient (Wildman–Crippen LogP) is 3.57. The van der Waals surface area contributed by atoms with Gasteiger partial charge >= 0.3 is 0 Å². The zero-order valence-corrected chi connectivity index (χ0v) is 17.6. The molecule has 0 fully saturated rings. The number of hydrogen-bond donors (Lipinski definition) is 3. The fourth-order valence-electron chi connectivity index (χ4n) is 2.39. The van der Waals surface area contributed by atoms with E-state index in [9.17, 15) is 0 Å². The molecule has 24 heavy (non-hydrogen) atoms. The fraction of sp³-hybridized carbons (Fsp3) is 0.722. The van der Waals surface area contributed by atoms with Gasteiger partial charge in [-0.3, -0.25) is 4.99 Å². The van der Waals surface area contributed by atoms with Gasteiger partial charge in [0.1, 0.15) is 5.76 Å². The van der Waals surface area contributed by atoms with Crippen molar-refractivity contribution < 1.29 is 9.52 Å². The summed E-state index contributed by atoms with van der Waals surface area (Å²) in [6, 6.07) is 4.28. The molecule has 140 valence electrons. The summed E-state index contributed by atoms with van der Waals surface area (Å²) < 4.78 is 5.35. The highest BCUT2D eigenvalue weighted by Gasteiger charge is 2.09. The Bertz CT molecular complexity index is 418. The summed E-state index contributed by atoms with van der Waals surface area (Å²) in [7, 11) is 0. The van der Waals surface area contributed by atoms with Gasteiger partial charge in [-0.1, -0.05) is 20.3 Å². The van der Waals surface area contributed by atoms with Crippen molar-refractivity contribution in [2.24, 2.45) is 10.9 Å². The van der Waals surface area contributed by atoms with Crippen LogP contribution in [0.4, 0.5) is 0 Å². The minimum Gasteiger partial charge on any atom is -0.469 e. The maximum absolute atomic E-state index is 9.17. The maximum atomic E-state index is 9.17. The Hall–Kier alpha value is -0.760. The van der Waals surface area contributed by atoms with Crippen molar-refractivity contribution in [1.82, 2.24) is 10.6 Å². The Kier molecular flexibility index (Phi) is 14.1. The molecule has 0 amide bonds. The number of furan rings is 1. The Morgan fingerprint density at radius 1 is 1.33 bits per heavy atom. The molecule has 1 heterocycles. The normalized spacial score (nSPS) is 13.9. The summed E-state index contributed by atoms with van der Waals surface area (Å²) in [5.41, 5.74) is 0. The molecule has 0 radical (unpaired) electrons. The SMILES string of the molecule is CCCC(CCO)CN=C(NCCc1ccco1)NC(C)CC.I. The first-order chi connectivity index (χ1) is 11.2. The van der Waals surface area contributed by atoms with E-state index in [1.54, 1.807) is 6.26 Å². The Morgan fingerprint density at radius 2 is 2.12 bits per heavy atom. The summed E-state index contributed by atoms with van der Waals surface area (Å²) in [5, 5.41) is 16.0. The van der Waals surface area contributed by atoms with Crippen LogP contribution in [-0.4, -0.2) is 36.8 Å². The molecule has 0 aliphatic rings. The van der Waals surface area contributed by atoms with Gasteiger partial charge in [-0.25, -0.2) is 0 Å². The van der Waals surface area contributed by atoms with Gasteiger partial charge in [0.15, 0.2) is 5.96 Å². The molecule has 3 N–H and O–H groups in total. The highest BCUT2D eigenvalue weighted by atomic mass is 127. The molecule has 0 saturated carbocycles. The van der Waals surface area contributed by atoms with Gasteiger partial charge in [0, 0.05) is 32.2 Å². The van der Waals surface area contributed by atoms with Crippen LogP contribution in [0.25, 0.3) is 0 Å². The topological polar surface area (TPSA) is 69.8 Å². The van der Waals surface area contributed by atoms with Crippen LogP contribution in [0.1, 0.15) is 52.2 Å². The van der Waals surface area contributed by atoms with E-state index in [0.717, 1.165) is 56.9 Å². The summed E-state index contributed by atoms with van der Waals surface area (Å²) in [4.78, 5) is 4.72. The van der Waals surface area contributed by atoms with Gasteiger partial charge in [0.25, 0.3) is 0 Å². The zero-order valence-electron chi connectivity index (χ0n) is 15.3. The average molecular weight is 451 g/mol. The molecule has 0 saturated heterocycles. The summed E-state index contributed by atoms with van der Waals surface area (Å²) >= 11 is 0. The monoisotopic (exact) mass is 451 g/mol. The second kappa shape index (κ2) is 14.6.